The van der Waals surface area contributed by atoms with Gasteiger partial charge in [-0.2, -0.15) is 0 Å². The van der Waals surface area contributed by atoms with Crippen LogP contribution < -0.4 is 10.6 Å². The van der Waals surface area contributed by atoms with Crippen molar-refractivity contribution < 1.29 is 4.39 Å². The van der Waals surface area contributed by atoms with Crippen molar-refractivity contribution in [3.63, 3.8) is 0 Å². The van der Waals surface area contributed by atoms with Crippen LogP contribution in [-0.2, 0) is 0 Å². The van der Waals surface area contributed by atoms with E-state index in [4.69, 9.17) is 0 Å². The summed E-state index contributed by atoms with van der Waals surface area (Å²) in [5.74, 6) is 0.339. The lowest BCUT2D eigenvalue weighted by atomic mass is 9.91. The SMILES string of the molecule is CCNc1cc(F)ccc1/C(=C/c1[nH]c2cc(P)ccc2c1C)CC(C)CC. The quantitative estimate of drug-likeness (QED) is 0.437. The van der Waals surface area contributed by atoms with Crippen LogP contribution in [-0.4, -0.2) is 11.5 Å². The molecule has 0 aliphatic heterocycles. The van der Waals surface area contributed by atoms with Gasteiger partial charge in [0.2, 0.25) is 0 Å². The van der Waals surface area contributed by atoms with Crippen LogP contribution in [0.1, 0.15) is 50.4 Å². The van der Waals surface area contributed by atoms with E-state index >= 15 is 0 Å². The molecule has 2 unspecified atom stereocenters. The van der Waals surface area contributed by atoms with E-state index in [0.29, 0.717) is 5.92 Å². The second-order valence-corrected chi connectivity index (χ2v) is 8.24. The molecule has 0 aliphatic rings. The van der Waals surface area contributed by atoms with E-state index in [0.717, 1.165) is 47.2 Å². The summed E-state index contributed by atoms with van der Waals surface area (Å²) in [4.78, 5) is 3.57. The summed E-state index contributed by atoms with van der Waals surface area (Å²) in [6.45, 7) is 9.43. The molecule has 3 aromatic rings. The minimum Gasteiger partial charge on any atom is -0.385 e. The molecule has 4 heteroatoms. The van der Waals surface area contributed by atoms with Gasteiger partial charge in [-0.3, -0.25) is 0 Å². The predicted octanol–water partition coefficient (Wildman–Crippen LogP) is 6.52. The predicted molar refractivity (Wildman–Crippen MR) is 125 cm³/mol. The number of hydrogen-bond acceptors (Lipinski definition) is 1. The number of anilines is 1. The molecule has 0 spiro atoms. The summed E-state index contributed by atoms with van der Waals surface area (Å²) in [6.07, 6.45) is 4.30. The maximum absolute atomic E-state index is 13.9. The highest BCUT2D eigenvalue weighted by Gasteiger charge is 2.14. The van der Waals surface area contributed by atoms with Gasteiger partial charge in [0.25, 0.3) is 0 Å². The van der Waals surface area contributed by atoms with E-state index in [9.17, 15) is 4.39 Å². The standard InChI is InChI=1S/C24H30FN2P/c1-5-15(3)11-17(21-9-7-18(25)13-23(21)26-6-2)12-22-16(4)20-10-8-19(28)14-24(20)27-22/h7-10,12-15,26-27H,5-6,11,28H2,1-4H3/b17-12+. The Morgan fingerprint density at radius 1 is 1.21 bits per heavy atom. The molecule has 28 heavy (non-hydrogen) atoms. The Bertz CT molecular complexity index is 1000. The second kappa shape index (κ2) is 8.92. The lowest BCUT2D eigenvalue weighted by molar-refractivity contribution is 0.580. The van der Waals surface area contributed by atoms with E-state index < -0.39 is 0 Å². The molecule has 2 N–H and O–H groups in total. The first kappa shape index (κ1) is 20.6. The molecule has 2 nitrogen and oxygen atoms in total. The highest BCUT2D eigenvalue weighted by Crippen LogP contribution is 2.34. The summed E-state index contributed by atoms with van der Waals surface area (Å²) in [6, 6.07) is 11.5. The molecule has 0 amide bonds. The molecule has 0 saturated carbocycles. The van der Waals surface area contributed by atoms with Crippen molar-refractivity contribution in [1.82, 2.24) is 4.98 Å². The van der Waals surface area contributed by atoms with Crippen molar-refractivity contribution in [3.8, 4) is 0 Å². The lowest BCUT2D eigenvalue weighted by Gasteiger charge is -2.17. The van der Waals surface area contributed by atoms with Crippen molar-refractivity contribution in [2.24, 2.45) is 5.92 Å². The third-order valence-corrected chi connectivity index (χ3v) is 5.76. The number of nitrogens with one attached hydrogen (secondary N) is 2. The van der Waals surface area contributed by atoms with Crippen LogP contribution in [0.2, 0.25) is 0 Å². The van der Waals surface area contributed by atoms with Crippen LogP contribution in [0.5, 0.6) is 0 Å². The molecule has 2 atom stereocenters. The molecule has 2 aromatic carbocycles. The van der Waals surface area contributed by atoms with Crippen molar-refractivity contribution in [3.05, 3.63) is 59.0 Å². The molecular formula is C24H30FN2P. The van der Waals surface area contributed by atoms with Gasteiger partial charge in [0, 0.05) is 34.4 Å². The number of aromatic nitrogens is 1. The molecule has 0 fully saturated rings. The molecule has 0 bridgehead atoms. The number of hydrogen-bond donors (Lipinski definition) is 2. The van der Waals surface area contributed by atoms with Gasteiger partial charge in [-0.05, 0) is 73.0 Å². The van der Waals surface area contributed by atoms with Gasteiger partial charge in [-0.25, -0.2) is 4.39 Å². The fourth-order valence-electron chi connectivity index (χ4n) is 3.59. The first-order valence-corrected chi connectivity index (χ1v) is 10.6. The molecule has 0 saturated heterocycles. The lowest BCUT2D eigenvalue weighted by Crippen LogP contribution is -2.03. The maximum atomic E-state index is 13.9. The molecule has 1 heterocycles. The zero-order valence-corrected chi connectivity index (χ0v) is 18.4. The smallest absolute Gasteiger partial charge is 0.125 e. The number of aromatic amines is 1. The van der Waals surface area contributed by atoms with E-state index in [1.54, 1.807) is 12.1 Å². The highest BCUT2D eigenvalue weighted by molar-refractivity contribution is 7.27. The number of allylic oxidation sites excluding steroid dienone is 1. The van der Waals surface area contributed by atoms with Crippen molar-refractivity contribution in [2.75, 3.05) is 11.9 Å². The first-order valence-electron chi connectivity index (χ1n) is 10.0. The molecular weight excluding hydrogens is 366 g/mol. The third kappa shape index (κ3) is 4.47. The molecule has 0 aliphatic carbocycles. The number of aryl methyl sites for hydroxylation is 1. The van der Waals surface area contributed by atoms with Gasteiger partial charge < -0.3 is 10.3 Å². The van der Waals surface area contributed by atoms with Crippen LogP contribution in [0.15, 0.2) is 36.4 Å². The monoisotopic (exact) mass is 396 g/mol. The fourth-order valence-corrected chi connectivity index (χ4v) is 3.86. The third-order valence-electron chi connectivity index (χ3n) is 5.40. The number of fused-ring (bicyclic) bond motifs is 1. The summed E-state index contributed by atoms with van der Waals surface area (Å²) in [5, 5.41) is 5.74. The number of benzene rings is 2. The fraction of sp³-hybridized carbons (Fsp3) is 0.333. The summed E-state index contributed by atoms with van der Waals surface area (Å²) in [7, 11) is 2.75. The number of halogens is 1. The van der Waals surface area contributed by atoms with Crippen LogP contribution in [0.4, 0.5) is 10.1 Å². The van der Waals surface area contributed by atoms with Gasteiger partial charge in [0.1, 0.15) is 5.82 Å². The molecule has 3 rings (SSSR count). The Morgan fingerprint density at radius 3 is 2.71 bits per heavy atom. The summed E-state index contributed by atoms with van der Waals surface area (Å²) >= 11 is 0. The topological polar surface area (TPSA) is 27.8 Å². The first-order chi connectivity index (χ1) is 13.4. The average Bonchev–Trinajstić information content (AvgIpc) is 2.96. The number of rotatable bonds is 7. The van der Waals surface area contributed by atoms with Crippen LogP contribution >= 0.6 is 9.24 Å². The molecule has 148 valence electrons. The van der Waals surface area contributed by atoms with Gasteiger partial charge in [-0.15, -0.1) is 9.24 Å². The van der Waals surface area contributed by atoms with Gasteiger partial charge >= 0.3 is 0 Å². The summed E-state index contributed by atoms with van der Waals surface area (Å²) < 4.78 is 13.9. The van der Waals surface area contributed by atoms with Gasteiger partial charge in [0.05, 0.1) is 0 Å². The molecule has 0 radical (unpaired) electrons. The highest BCUT2D eigenvalue weighted by atomic mass is 31.0. The Labute approximate surface area is 169 Å². The summed E-state index contributed by atoms with van der Waals surface area (Å²) in [5.41, 5.74) is 6.67. The van der Waals surface area contributed by atoms with Crippen molar-refractivity contribution in [2.45, 2.75) is 40.5 Å². The Balaban J connectivity index is 2.15. The van der Waals surface area contributed by atoms with Crippen LogP contribution in [0.25, 0.3) is 22.6 Å². The largest absolute Gasteiger partial charge is 0.385 e. The minimum absolute atomic E-state index is 0.211. The van der Waals surface area contributed by atoms with E-state index in [-0.39, 0.29) is 5.82 Å². The van der Waals surface area contributed by atoms with Crippen molar-refractivity contribution in [1.29, 1.82) is 0 Å². The van der Waals surface area contributed by atoms with E-state index in [1.807, 2.05) is 13.0 Å². The van der Waals surface area contributed by atoms with Crippen LogP contribution in [0, 0.1) is 18.7 Å². The van der Waals surface area contributed by atoms with E-state index in [1.165, 1.54) is 16.5 Å². The Kier molecular flexibility index (Phi) is 6.57. The average molecular weight is 396 g/mol. The Hall–Kier alpha value is -2.12. The zero-order chi connectivity index (χ0) is 20.3. The molecule has 1 aromatic heterocycles. The minimum atomic E-state index is -0.211. The van der Waals surface area contributed by atoms with Crippen molar-refractivity contribution >= 4 is 42.8 Å². The second-order valence-electron chi connectivity index (χ2n) is 7.58. The number of H-pyrrole nitrogens is 1. The van der Waals surface area contributed by atoms with Gasteiger partial charge in [0.15, 0.2) is 0 Å². The normalized spacial score (nSPS) is 13.1. The Morgan fingerprint density at radius 2 is 2.00 bits per heavy atom. The maximum Gasteiger partial charge on any atom is 0.125 e. The van der Waals surface area contributed by atoms with Crippen LogP contribution in [0.3, 0.4) is 0 Å². The zero-order valence-electron chi connectivity index (χ0n) is 17.2. The van der Waals surface area contributed by atoms with Gasteiger partial charge in [-0.1, -0.05) is 32.4 Å². The van der Waals surface area contributed by atoms with E-state index in [2.05, 4.69) is 64.6 Å².